The molecule has 2 nitrogen and oxygen atoms in total. The van der Waals surface area contributed by atoms with Crippen molar-refractivity contribution in [1.29, 1.82) is 0 Å². The van der Waals surface area contributed by atoms with E-state index in [-0.39, 0.29) is 5.78 Å². The fourth-order valence-electron chi connectivity index (χ4n) is 1.36. The summed E-state index contributed by atoms with van der Waals surface area (Å²) in [6, 6.07) is 7.35. The van der Waals surface area contributed by atoms with Crippen LogP contribution in [0.5, 0.6) is 5.75 Å². The Kier molecular flexibility index (Phi) is 3.69. The predicted molar refractivity (Wildman–Crippen MR) is 56.8 cm³/mol. The van der Waals surface area contributed by atoms with Gasteiger partial charge in [-0.2, -0.15) is 0 Å². The fraction of sp³-hybridized carbons (Fsp3) is 0.417. The Hall–Kier alpha value is -1.31. The lowest BCUT2D eigenvalue weighted by atomic mass is 10.0. The van der Waals surface area contributed by atoms with Crippen molar-refractivity contribution in [2.45, 2.75) is 20.3 Å². The summed E-state index contributed by atoms with van der Waals surface area (Å²) in [6.45, 7) is 4.07. The highest BCUT2D eigenvalue weighted by Crippen LogP contribution is 2.20. The monoisotopic (exact) mass is 192 g/mol. The van der Waals surface area contributed by atoms with Gasteiger partial charge in [-0.1, -0.05) is 26.0 Å². The number of hydrogen-bond donors (Lipinski definition) is 0. The summed E-state index contributed by atoms with van der Waals surface area (Å²) >= 11 is 0. The number of Topliss-reactive ketones (excluding diaryl/α,β-unsaturated/α-hetero) is 1. The number of carbonyl (C=O) groups is 1. The number of para-hydroxylation sites is 1. The standard InChI is InChI=1S/C12H16O2/c1-9(2)8-11(13)10-6-4-5-7-12(10)14-3/h4-7,9H,8H2,1-3H3. The number of methoxy groups -OCH3 is 1. The van der Waals surface area contributed by atoms with Crippen molar-refractivity contribution in [3.05, 3.63) is 29.8 Å². The molecule has 0 aliphatic heterocycles. The SMILES string of the molecule is COc1ccccc1C(=O)CC(C)C. The van der Waals surface area contributed by atoms with E-state index in [1.807, 2.05) is 38.1 Å². The quantitative estimate of drug-likeness (QED) is 0.685. The fourth-order valence-corrected chi connectivity index (χ4v) is 1.36. The van der Waals surface area contributed by atoms with Crippen molar-refractivity contribution in [3.63, 3.8) is 0 Å². The first-order chi connectivity index (χ1) is 6.65. The molecule has 0 radical (unpaired) electrons. The highest BCUT2D eigenvalue weighted by molar-refractivity contribution is 5.98. The number of ketones is 1. The van der Waals surface area contributed by atoms with Crippen molar-refractivity contribution in [2.24, 2.45) is 5.92 Å². The molecule has 1 aromatic rings. The summed E-state index contributed by atoms with van der Waals surface area (Å²) in [4.78, 5) is 11.8. The maximum atomic E-state index is 11.8. The summed E-state index contributed by atoms with van der Waals surface area (Å²) in [6.07, 6.45) is 0.570. The van der Waals surface area contributed by atoms with E-state index < -0.39 is 0 Å². The lowest BCUT2D eigenvalue weighted by Crippen LogP contribution is -2.05. The molecule has 0 heterocycles. The number of carbonyl (C=O) groups excluding carboxylic acids is 1. The molecule has 0 amide bonds. The third-order valence-corrected chi connectivity index (χ3v) is 2.00. The number of benzene rings is 1. The predicted octanol–water partition coefficient (Wildman–Crippen LogP) is 2.92. The van der Waals surface area contributed by atoms with Crippen LogP contribution >= 0.6 is 0 Å². The van der Waals surface area contributed by atoms with E-state index in [1.54, 1.807) is 7.11 Å². The topological polar surface area (TPSA) is 26.3 Å². The third kappa shape index (κ3) is 2.59. The van der Waals surface area contributed by atoms with Crippen LogP contribution in [0.1, 0.15) is 30.6 Å². The first-order valence-electron chi connectivity index (χ1n) is 4.81. The maximum absolute atomic E-state index is 11.8. The normalized spacial score (nSPS) is 10.3. The molecule has 0 fully saturated rings. The van der Waals surface area contributed by atoms with Gasteiger partial charge < -0.3 is 4.74 Å². The molecule has 14 heavy (non-hydrogen) atoms. The van der Waals surface area contributed by atoms with E-state index in [2.05, 4.69) is 0 Å². The highest BCUT2D eigenvalue weighted by atomic mass is 16.5. The van der Waals surface area contributed by atoms with E-state index >= 15 is 0 Å². The first kappa shape index (κ1) is 10.8. The van der Waals surface area contributed by atoms with Gasteiger partial charge in [-0.15, -0.1) is 0 Å². The van der Waals surface area contributed by atoms with Crippen molar-refractivity contribution in [3.8, 4) is 5.75 Å². The van der Waals surface area contributed by atoms with E-state index in [9.17, 15) is 4.79 Å². The average molecular weight is 192 g/mol. The Morgan fingerprint density at radius 1 is 1.36 bits per heavy atom. The largest absolute Gasteiger partial charge is 0.496 e. The van der Waals surface area contributed by atoms with Crippen molar-refractivity contribution >= 4 is 5.78 Å². The molecule has 0 aliphatic rings. The van der Waals surface area contributed by atoms with Crippen LogP contribution in [0.2, 0.25) is 0 Å². The minimum absolute atomic E-state index is 0.150. The Bertz CT molecular complexity index is 316. The average Bonchev–Trinajstić information content (AvgIpc) is 2.16. The zero-order chi connectivity index (χ0) is 10.6. The first-order valence-corrected chi connectivity index (χ1v) is 4.81. The molecular formula is C12H16O2. The summed E-state index contributed by atoms with van der Waals surface area (Å²) in [5.41, 5.74) is 0.684. The molecule has 76 valence electrons. The lowest BCUT2D eigenvalue weighted by Gasteiger charge is -2.08. The summed E-state index contributed by atoms with van der Waals surface area (Å²) in [5, 5.41) is 0. The zero-order valence-electron chi connectivity index (χ0n) is 8.91. The van der Waals surface area contributed by atoms with Gasteiger partial charge in [-0.3, -0.25) is 4.79 Å². The molecule has 0 spiro atoms. The Morgan fingerprint density at radius 3 is 2.57 bits per heavy atom. The molecule has 0 aliphatic carbocycles. The molecule has 0 bridgehead atoms. The van der Waals surface area contributed by atoms with Crippen LogP contribution < -0.4 is 4.74 Å². The molecule has 1 rings (SSSR count). The molecule has 0 saturated heterocycles. The Morgan fingerprint density at radius 2 is 2.00 bits per heavy atom. The van der Waals surface area contributed by atoms with Crippen LogP contribution in [0, 0.1) is 5.92 Å². The van der Waals surface area contributed by atoms with Gasteiger partial charge in [-0.25, -0.2) is 0 Å². The van der Waals surface area contributed by atoms with Crippen LogP contribution in [-0.4, -0.2) is 12.9 Å². The molecule has 0 unspecified atom stereocenters. The second-order valence-electron chi connectivity index (χ2n) is 3.72. The minimum atomic E-state index is 0.150. The van der Waals surface area contributed by atoms with Crippen molar-refractivity contribution in [1.82, 2.24) is 0 Å². The van der Waals surface area contributed by atoms with Crippen molar-refractivity contribution in [2.75, 3.05) is 7.11 Å². The van der Waals surface area contributed by atoms with Gasteiger partial charge >= 0.3 is 0 Å². The van der Waals surface area contributed by atoms with Gasteiger partial charge in [0.05, 0.1) is 12.7 Å². The lowest BCUT2D eigenvalue weighted by molar-refractivity contribution is 0.0965. The highest BCUT2D eigenvalue weighted by Gasteiger charge is 2.12. The second kappa shape index (κ2) is 4.80. The Labute approximate surface area is 84.9 Å². The van der Waals surface area contributed by atoms with E-state index in [0.29, 0.717) is 23.7 Å². The van der Waals surface area contributed by atoms with Crippen LogP contribution in [-0.2, 0) is 0 Å². The van der Waals surface area contributed by atoms with Crippen molar-refractivity contribution < 1.29 is 9.53 Å². The smallest absolute Gasteiger partial charge is 0.166 e. The molecule has 0 atom stereocenters. The van der Waals surface area contributed by atoms with Crippen LogP contribution in [0.4, 0.5) is 0 Å². The molecule has 0 aromatic heterocycles. The molecule has 0 N–H and O–H groups in total. The van der Waals surface area contributed by atoms with Gasteiger partial charge in [0.2, 0.25) is 0 Å². The van der Waals surface area contributed by atoms with Gasteiger partial charge in [0.25, 0.3) is 0 Å². The molecule has 2 heteroatoms. The van der Waals surface area contributed by atoms with Gasteiger partial charge in [0, 0.05) is 6.42 Å². The van der Waals surface area contributed by atoms with Gasteiger partial charge in [0.1, 0.15) is 5.75 Å². The molecule has 1 aromatic carbocycles. The Balaban J connectivity index is 2.88. The van der Waals surface area contributed by atoms with E-state index in [1.165, 1.54) is 0 Å². The molecule has 0 saturated carbocycles. The van der Waals surface area contributed by atoms with Gasteiger partial charge in [-0.05, 0) is 18.1 Å². The molecular weight excluding hydrogens is 176 g/mol. The summed E-state index contributed by atoms with van der Waals surface area (Å²) in [5.74, 6) is 1.20. The van der Waals surface area contributed by atoms with Crippen LogP contribution in [0.15, 0.2) is 24.3 Å². The van der Waals surface area contributed by atoms with Gasteiger partial charge in [0.15, 0.2) is 5.78 Å². The third-order valence-electron chi connectivity index (χ3n) is 2.00. The number of rotatable bonds is 4. The summed E-state index contributed by atoms with van der Waals surface area (Å²) in [7, 11) is 1.58. The number of ether oxygens (including phenoxy) is 1. The second-order valence-corrected chi connectivity index (χ2v) is 3.72. The van der Waals surface area contributed by atoms with Crippen LogP contribution in [0.25, 0.3) is 0 Å². The van der Waals surface area contributed by atoms with E-state index in [0.717, 1.165) is 0 Å². The number of hydrogen-bond acceptors (Lipinski definition) is 2. The maximum Gasteiger partial charge on any atom is 0.166 e. The van der Waals surface area contributed by atoms with E-state index in [4.69, 9.17) is 4.74 Å². The minimum Gasteiger partial charge on any atom is -0.496 e. The zero-order valence-corrected chi connectivity index (χ0v) is 8.91. The van der Waals surface area contributed by atoms with Crippen LogP contribution in [0.3, 0.4) is 0 Å². The summed E-state index contributed by atoms with van der Waals surface area (Å²) < 4.78 is 5.13.